The minimum atomic E-state index is -0.315. The number of nitrogens with one attached hydrogen (secondary N) is 1. The second kappa shape index (κ2) is 6.76. The molecule has 5 heteroatoms. The number of aromatic nitrogens is 1. The Morgan fingerprint density at radius 2 is 2.22 bits per heavy atom. The zero-order chi connectivity index (χ0) is 16.1. The number of rotatable bonds is 4. The second-order valence-corrected chi connectivity index (χ2v) is 6.58. The van der Waals surface area contributed by atoms with E-state index in [0.717, 1.165) is 36.3 Å². The molecule has 1 fully saturated rings. The highest BCUT2D eigenvalue weighted by Crippen LogP contribution is 2.39. The number of carbonyl (C=O) groups excluding carboxylic acids is 1. The standard InChI is InChI=1S/C18H17N3OS/c19-13-15-5-3-4-14(12-15)6-7-16(22)21-18(8-1-2-9-18)17-20-10-11-23-17/h3-7,10-12H,1-2,8-9H2,(H,21,22). The Balaban J connectivity index is 1.73. The molecule has 0 spiro atoms. The van der Waals surface area contributed by atoms with Crippen molar-refractivity contribution in [2.24, 2.45) is 0 Å². The van der Waals surface area contributed by atoms with Crippen molar-refractivity contribution in [2.75, 3.05) is 0 Å². The van der Waals surface area contributed by atoms with Crippen molar-refractivity contribution in [3.63, 3.8) is 0 Å². The van der Waals surface area contributed by atoms with Gasteiger partial charge in [0, 0.05) is 17.7 Å². The Hall–Kier alpha value is -2.45. The van der Waals surface area contributed by atoms with Gasteiger partial charge in [-0.15, -0.1) is 11.3 Å². The molecule has 1 amide bonds. The quantitative estimate of drug-likeness (QED) is 0.874. The van der Waals surface area contributed by atoms with Crippen molar-refractivity contribution in [3.8, 4) is 6.07 Å². The van der Waals surface area contributed by atoms with Crippen LogP contribution in [0.3, 0.4) is 0 Å². The van der Waals surface area contributed by atoms with Crippen LogP contribution in [0.2, 0.25) is 0 Å². The second-order valence-electron chi connectivity index (χ2n) is 5.69. The fraction of sp³-hybridized carbons (Fsp3) is 0.278. The van der Waals surface area contributed by atoms with E-state index in [2.05, 4.69) is 16.4 Å². The number of nitrogens with zero attached hydrogens (tertiary/aromatic N) is 2. The van der Waals surface area contributed by atoms with Crippen LogP contribution in [0.15, 0.2) is 41.9 Å². The highest BCUT2D eigenvalue weighted by atomic mass is 32.1. The fourth-order valence-corrected chi connectivity index (χ4v) is 3.85. The van der Waals surface area contributed by atoms with Crippen LogP contribution >= 0.6 is 11.3 Å². The van der Waals surface area contributed by atoms with Crippen LogP contribution in [-0.2, 0) is 10.3 Å². The average Bonchev–Trinajstić information content (AvgIpc) is 3.25. The molecule has 0 saturated heterocycles. The van der Waals surface area contributed by atoms with E-state index in [9.17, 15) is 4.79 Å². The molecule has 1 heterocycles. The molecule has 1 aliphatic rings. The minimum absolute atomic E-state index is 0.121. The molecule has 1 aromatic carbocycles. The van der Waals surface area contributed by atoms with Gasteiger partial charge in [0.05, 0.1) is 17.2 Å². The number of hydrogen-bond donors (Lipinski definition) is 1. The lowest BCUT2D eigenvalue weighted by Gasteiger charge is -2.27. The number of nitriles is 1. The first kappa shape index (κ1) is 15.4. The maximum absolute atomic E-state index is 12.3. The summed E-state index contributed by atoms with van der Waals surface area (Å²) in [6.07, 6.45) is 9.13. The maximum atomic E-state index is 12.3. The molecular formula is C18H17N3OS. The van der Waals surface area contributed by atoms with Gasteiger partial charge in [-0.05, 0) is 36.6 Å². The van der Waals surface area contributed by atoms with E-state index in [-0.39, 0.29) is 11.4 Å². The van der Waals surface area contributed by atoms with E-state index in [1.807, 2.05) is 17.5 Å². The first-order valence-electron chi connectivity index (χ1n) is 7.62. The molecule has 0 atom stereocenters. The Kier molecular flexibility index (Phi) is 4.54. The lowest BCUT2D eigenvalue weighted by Crippen LogP contribution is -2.43. The molecule has 0 radical (unpaired) electrons. The first-order valence-corrected chi connectivity index (χ1v) is 8.50. The zero-order valence-corrected chi connectivity index (χ0v) is 13.5. The van der Waals surface area contributed by atoms with Gasteiger partial charge in [-0.3, -0.25) is 4.79 Å². The third-order valence-corrected chi connectivity index (χ3v) is 5.08. The molecule has 116 valence electrons. The number of hydrogen-bond acceptors (Lipinski definition) is 4. The summed E-state index contributed by atoms with van der Waals surface area (Å²) in [7, 11) is 0. The summed E-state index contributed by atoms with van der Waals surface area (Å²) in [4.78, 5) is 16.7. The Morgan fingerprint density at radius 3 is 2.91 bits per heavy atom. The molecule has 1 aliphatic carbocycles. The van der Waals surface area contributed by atoms with Crippen LogP contribution in [-0.4, -0.2) is 10.9 Å². The van der Waals surface area contributed by atoms with Crippen LogP contribution in [0.5, 0.6) is 0 Å². The molecule has 0 unspecified atom stereocenters. The van der Waals surface area contributed by atoms with E-state index in [1.54, 1.807) is 35.7 Å². The normalized spacial score (nSPS) is 16.3. The number of thiazole rings is 1. The van der Waals surface area contributed by atoms with Gasteiger partial charge in [0.1, 0.15) is 5.01 Å². The predicted octanol–water partition coefficient (Wildman–Crippen LogP) is 3.61. The molecule has 2 aromatic rings. The zero-order valence-electron chi connectivity index (χ0n) is 12.7. The smallest absolute Gasteiger partial charge is 0.244 e. The van der Waals surface area contributed by atoms with Crippen LogP contribution in [0.1, 0.15) is 41.8 Å². The summed E-state index contributed by atoms with van der Waals surface area (Å²) >= 11 is 1.59. The number of carbonyl (C=O) groups is 1. The number of amides is 1. The highest BCUT2D eigenvalue weighted by Gasteiger charge is 2.38. The van der Waals surface area contributed by atoms with Gasteiger partial charge in [0.2, 0.25) is 5.91 Å². The van der Waals surface area contributed by atoms with E-state index in [4.69, 9.17) is 5.26 Å². The van der Waals surface area contributed by atoms with Gasteiger partial charge in [0.25, 0.3) is 0 Å². The van der Waals surface area contributed by atoms with Crippen LogP contribution in [0, 0.1) is 11.3 Å². The van der Waals surface area contributed by atoms with Crippen LogP contribution in [0.4, 0.5) is 0 Å². The van der Waals surface area contributed by atoms with Crippen molar-refractivity contribution in [3.05, 3.63) is 58.1 Å². The lowest BCUT2D eigenvalue weighted by molar-refractivity contribution is -0.118. The third-order valence-electron chi connectivity index (χ3n) is 4.10. The van der Waals surface area contributed by atoms with Gasteiger partial charge >= 0.3 is 0 Å². The van der Waals surface area contributed by atoms with Gasteiger partial charge in [-0.1, -0.05) is 25.0 Å². The van der Waals surface area contributed by atoms with Crippen molar-refractivity contribution in [2.45, 2.75) is 31.2 Å². The summed E-state index contributed by atoms with van der Waals surface area (Å²) in [5, 5.41) is 15.0. The number of benzene rings is 1. The largest absolute Gasteiger partial charge is 0.341 e. The third kappa shape index (κ3) is 3.49. The van der Waals surface area contributed by atoms with E-state index < -0.39 is 0 Å². The Morgan fingerprint density at radius 1 is 1.39 bits per heavy atom. The minimum Gasteiger partial charge on any atom is -0.341 e. The maximum Gasteiger partial charge on any atom is 0.244 e. The van der Waals surface area contributed by atoms with Crippen molar-refractivity contribution in [1.29, 1.82) is 5.26 Å². The summed E-state index contributed by atoms with van der Waals surface area (Å²) in [5.41, 5.74) is 1.11. The monoisotopic (exact) mass is 323 g/mol. The van der Waals surface area contributed by atoms with Crippen LogP contribution in [0.25, 0.3) is 6.08 Å². The fourth-order valence-electron chi connectivity index (χ4n) is 2.99. The molecular weight excluding hydrogens is 306 g/mol. The van der Waals surface area contributed by atoms with Gasteiger partial charge in [0.15, 0.2) is 0 Å². The molecule has 23 heavy (non-hydrogen) atoms. The van der Waals surface area contributed by atoms with E-state index in [1.165, 1.54) is 6.08 Å². The Bertz CT molecular complexity index is 753. The summed E-state index contributed by atoms with van der Waals surface area (Å²) in [6.45, 7) is 0. The van der Waals surface area contributed by atoms with Gasteiger partial charge in [-0.2, -0.15) is 5.26 Å². The SMILES string of the molecule is N#Cc1cccc(C=CC(=O)NC2(c3nccs3)CCCC2)c1. The van der Waals surface area contributed by atoms with Crippen molar-refractivity contribution in [1.82, 2.24) is 10.3 Å². The predicted molar refractivity (Wildman–Crippen MR) is 90.6 cm³/mol. The molecule has 0 aliphatic heterocycles. The lowest BCUT2D eigenvalue weighted by atomic mass is 9.98. The summed E-state index contributed by atoms with van der Waals surface area (Å²) in [6, 6.07) is 9.28. The molecule has 0 bridgehead atoms. The van der Waals surface area contributed by atoms with Crippen molar-refractivity contribution >= 4 is 23.3 Å². The van der Waals surface area contributed by atoms with Gasteiger partial charge in [-0.25, -0.2) is 4.98 Å². The topological polar surface area (TPSA) is 65.8 Å². The van der Waals surface area contributed by atoms with E-state index >= 15 is 0 Å². The summed E-state index contributed by atoms with van der Waals surface area (Å²) in [5.74, 6) is -0.121. The average molecular weight is 323 g/mol. The summed E-state index contributed by atoms with van der Waals surface area (Å²) < 4.78 is 0. The first-order chi connectivity index (χ1) is 11.2. The molecule has 3 rings (SSSR count). The molecule has 1 N–H and O–H groups in total. The van der Waals surface area contributed by atoms with E-state index in [0.29, 0.717) is 5.56 Å². The van der Waals surface area contributed by atoms with Crippen LogP contribution < -0.4 is 5.32 Å². The van der Waals surface area contributed by atoms with Crippen molar-refractivity contribution < 1.29 is 4.79 Å². The van der Waals surface area contributed by atoms with Gasteiger partial charge < -0.3 is 5.32 Å². The molecule has 4 nitrogen and oxygen atoms in total. The highest BCUT2D eigenvalue weighted by molar-refractivity contribution is 7.09. The Labute approximate surface area is 139 Å². The molecule has 1 saturated carbocycles. The molecule has 1 aromatic heterocycles.